The van der Waals surface area contributed by atoms with Crippen LogP contribution >= 0.6 is 0 Å². The molecule has 0 aliphatic rings. The predicted molar refractivity (Wildman–Crippen MR) is 82.1 cm³/mol. The second kappa shape index (κ2) is 6.26. The van der Waals surface area contributed by atoms with E-state index in [0.29, 0.717) is 22.7 Å². The zero-order valence-electron chi connectivity index (χ0n) is 12.3. The van der Waals surface area contributed by atoms with Crippen LogP contribution < -0.4 is 11.1 Å². The number of carbonyl (C=O) groups is 1. The number of carbonyl (C=O) groups excluding carboxylic acids is 1. The maximum atomic E-state index is 12.1. The molecule has 0 radical (unpaired) electrons. The van der Waals surface area contributed by atoms with E-state index in [9.17, 15) is 9.00 Å². The van der Waals surface area contributed by atoms with Gasteiger partial charge in [0.2, 0.25) is 5.91 Å². The first-order chi connectivity index (χ1) is 9.86. The standard InChI is InChI=1S/C14H19N3O3S/c1-8(2)9(3)16-13(18)7-21(19)14-17-11-5-4-10(15)6-12(11)20-14/h4-6,8-9H,7,15H2,1-3H3,(H,16,18). The lowest BCUT2D eigenvalue weighted by atomic mass is 10.1. The fourth-order valence-electron chi connectivity index (χ4n) is 1.66. The largest absolute Gasteiger partial charge is 0.430 e. The number of fused-ring (bicyclic) bond motifs is 1. The molecule has 2 unspecified atom stereocenters. The second-order valence-corrected chi connectivity index (χ2v) is 6.63. The number of rotatable bonds is 5. The van der Waals surface area contributed by atoms with Crippen molar-refractivity contribution in [3.63, 3.8) is 0 Å². The van der Waals surface area contributed by atoms with E-state index < -0.39 is 10.8 Å². The fourth-order valence-corrected chi connectivity index (χ4v) is 2.49. The molecule has 21 heavy (non-hydrogen) atoms. The molecule has 0 saturated carbocycles. The minimum absolute atomic E-state index is 0.0259. The van der Waals surface area contributed by atoms with Gasteiger partial charge in [-0.25, -0.2) is 9.19 Å². The Labute approximate surface area is 125 Å². The third kappa shape index (κ3) is 3.81. The SMILES string of the molecule is CC(C)C(C)NC(=O)CS(=O)c1nc2ccc(N)cc2o1. The summed E-state index contributed by atoms with van der Waals surface area (Å²) in [6, 6.07) is 5.02. The molecule has 1 aromatic heterocycles. The Morgan fingerprint density at radius 2 is 2.14 bits per heavy atom. The first-order valence-corrected chi connectivity index (χ1v) is 8.02. The van der Waals surface area contributed by atoms with Crippen molar-refractivity contribution in [2.45, 2.75) is 32.0 Å². The number of nitrogens with one attached hydrogen (secondary N) is 1. The third-order valence-electron chi connectivity index (χ3n) is 3.24. The highest BCUT2D eigenvalue weighted by Gasteiger charge is 2.18. The number of amides is 1. The Morgan fingerprint density at radius 3 is 2.81 bits per heavy atom. The Kier molecular flexibility index (Phi) is 4.62. The van der Waals surface area contributed by atoms with Gasteiger partial charge < -0.3 is 15.5 Å². The molecule has 0 saturated heterocycles. The molecule has 1 aromatic carbocycles. The zero-order chi connectivity index (χ0) is 15.6. The van der Waals surface area contributed by atoms with Gasteiger partial charge in [-0.05, 0) is 25.0 Å². The van der Waals surface area contributed by atoms with Gasteiger partial charge in [-0.15, -0.1) is 0 Å². The number of nitrogens with two attached hydrogens (primary N) is 1. The van der Waals surface area contributed by atoms with Crippen LogP contribution in [0, 0.1) is 5.92 Å². The van der Waals surface area contributed by atoms with Crippen molar-refractivity contribution in [3.05, 3.63) is 18.2 Å². The molecular weight excluding hydrogens is 290 g/mol. The zero-order valence-corrected chi connectivity index (χ0v) is 13.1. The molecule has 2 aromatic rings. The van der Waals surface area contributed by atoms with Gasteiger partial charge in [-0.3, -0.25) is 4.79 Å². The van der Waals surface area contributed by atoms with E-state index >= 15 is 0 Å². The average molecular weight is 309 g/mol. The molecule has 1 heterocycles. The van der Waals surface area contributed by atoms with Crippen LogP contribution in [0.2, 0.25) is 0 Å². The summed E-state index contributed by atoms with van der Waals surface area (Å²) in [6.07, 6.45) is 0. The highest BCUT2D eigenvalue weighted by Crippen LogP contribution is 2.20. The van der Waals surface area contributed by atoms with Crippen LogP contribution in [0.3, 0.4) is 0 Å². The quantitative estimate of drug-likeness (QED) is 0.819. The molecule has 2 rings (SSSR count). The molecule has 0 fully saturated rings. The van der Waals surface area contributed by atoms with Gasteiger partial charge in [-0.1, -0.05) is 13.8 Å². The maximum absolute atomic E-state index is 12.1. The molecule has 0 spiro atoms. The van der Waals surface area contributed by atoms with Gasteiger partial charge in [-0.2, -0.15) is 0 Å². The van der Waals surface area contributed by atoms with Gasteiger partial charge in [0.15, 0.2) is 5.58 Å². The van der Waals surface area contributed by atoms with Crippen LogP contribution in [0.25, 0.3) is 11.1 Å². The number of nitrogen functional groups attached to an aromatic ring is 1. The van der Waals surface area contributed by atoms with Gasteiger partial charge in [0, 0.05) is 17.8 Å². The molecule has 2 atom stereocenters. The maximum Gasteiger partial charge on any atom is 0.288 e. The number of aromatic nitrogens is 1. The van der Waals surface area contributed by atoms with Crippen LogP contribution in [0.5, 0.6) is 0 Å². The number of benzene rings is 1. The monoisotopic (exact) mass is 309 g/mol. The summed E-state index contributed by atoms with van der Waals surface area (Å²) >= 11 is 0. The molecule has 1 amide bonds. The van der Waals surface area contributed by atoms with E-state index in [1.54, 1.807) is 18.2 Å². The summed E-state index contributed by atoms with van der Waals surface area (Å²) in [4.78, 5) is 15.9. The smallest absolute Gasteiger partial charge is 0.288 e. The van der Waals surface area contributed by atoms with Gasteiger partial charge >= 0.3 is 0 Å². The van der Waals surface area contributed by atoms with Crippen molar-refractivity contribution < 1.29 is 13.4 Å². The second-order valence-electron chi connectivity index (χ2n) is 5.30. The lowest BCUT2D eigenvalue weighted by molar-refractivity contribution is -0.119. The van der Waals surface area contributed by atoms with Crippen LogP contribution in [0.4, 0.5) is 5.69 Å². The van der Waals surface area contributed by atoms with Crippen molar-refractivity contribution >= 4 is 33.5 Å². The summed E-state index contributed by atoms with van der Waals surface area (Å²) in [5.41, 5.74) is 7.23. The van der Waals surface area contributed by atoms with Crippen molar-refractivity contribution in [2.24, 2.45) is 5.92 Å². The average Bonchev–Trinajstić information content (AvgIpc) is 2.81. The first-order valence-electron chi connectivity index (χ1n) is 6.70. The van der Waals surface area contributed by atoms with Gasteiger partial charge in [0.25, 0.3) is 5.22 Å². The number of anilines is 1. The van der Waals surface area contributed by atoms with E-state index in [-0.39, 0.29) is 22.9 Å². The predicted octanol–water partition coefficient (Wildman–Crippen LogP) is 1.68. The van der Waals surface area contributed by atoms with E-state index in [1.165, 1.54) is 0 Å². The van der Waals surface area contributed by atoms with E-state index in [2.05, 4.69) is 10.3 Å². The summed E-state index contributed by atoms with van der Waals surface area (Å²) < 4.78 is 17.5. The summed E-state index contributed by atoms with van der Waals surface area (Å²) in [5, 5.41) is 2.85. The van der Waals surface area contributed by atoms with Crippen LogP contribution in [-0.2, 0) is 15.6 Å². The van der Waals surface area contributed by atoms with E-state index in [4.69, 9.17) is 10.2 Å². The van der Waals surface area contributed by atoms with Crippen molar-refractivity contribution in [3.8, 4) is 0 Å². The molecule has 0 aliphatic heterocycles. The van der Waals surface area contributed by atoms with Crippen LogP contribution in [-0.4, -0.2) is 26.9 Å². The van der Waals surface area contributed by atoms with Crippen LogP contribution in [0.1, 0.15) is 20.8 Å². The number of oxazole rings is 1. The lowest BCUT2D eigenvalue weighted by Gasteiger charge is -2.16. The Bertz CT molecular complexity index is 681. The Hall–Kier alpha value is -1.89. The van der Waals surface area contributed by atoms with Gasteiger partial charge in [0.05, 0.1) is 0 Å². The van der Waals surface area contributed by atoms with Crippen LogP contribution in [0.15, 0.2) is 27.8 Å². The molecule has 0 bridgehead atoms. The molecule has 7 heteroatoms. The third-order valence-corrected chi connectivity index (χ3v) is 4.33. The first kappa shape index (κ1) is 15.5. The molecule has 0 aliphatic carbocycles. The van der Waals surface area contributed by atoms with E-state index in [0.717, 1.165) is 0 Å². The van der Waals surface area contributed by atoms with E-state index in [1.807, 2.05) is 20.8 Å². The minimum Gasteiger partial charge on any atom is -0.430 e. The van der Waals surface area contributed by atoms with Gasteiger partial charge in [0.1, 0.15) is 22.1 Å². The molecule has 3 N–H and O–H groups in total. The highest BCUT2D eigenvalue weighted by molar-refractivity contribution is 7.85. The van der Waals surface area contributed by atoms with Crippen molar-refractivity contribution in [2.75, 3.05) is 11.5 Å². The topological polar surface area (TPSA) is 98.2 Å². The molecular formula is C14H19N3O3S. The number of nitrogens with zero attached hydrogens (tertiary/aromatic N) is 1. The number of hydrogen-bond donors (Lipinski definition) is 2. The summed E-state index contributed by atoms with van der Waals surface area (Å²) in [5.74, 6) is -0.134. The normalized spacial score (nSPS) is 14.3. The summed E-state index contributed by atoms with van der Waals surface area (Å²) in [7, 11) is -1.61. The van der Waals surface area contributed by atoms with Crippen molar-refractivity contribution in [1.29, 1.82) is 0 Å². The summed E-state index contributed by atoms with van der Waals surface area (Å²) in [6.45, 7) is 5.92. The Balaban J connectivity index is 2.06. The molecule has 6 nitrogen and oxygen atoms in total. The molecule has 114 valence electrons. The highest BCUT2D eigenvalue weighted by atomic mass is 32.2. The van der Waals surface area contributed by atoms with Crippen molar-refractivity contribution in [1.82, 2.24) is 10.3 Å². The fraction of sp³-hybridized carbons (Fsp3) is 0.429. The minimum atomic E-state index is -1.61. The Morgan fingerprint density at radius 1 is 1.43 bits per heavy atom. The lowest BCUT2D eigenvalue weighted by Crippen LogP contribution is -2.38. The number of hydrogen-bond acceptors (Lipinski definition) is 5.